The Kier molecular flexibility index (Phi) is 10.3. The third-order valence-corrected chi connectivity index (χ3v) is 2.54. The van der Waals surface area contributed by atoms with Crippen molar-refractivity contribution in [3.05, 3.63) is 10.4 Å². The molecule has 1 atom stereocenters. The molecule has 118 valence electrons. The van der Waals surface area contributed by atoms with Crippen LogP contribution in [0.25, 0.3) is 10.4 Å². The van der Waals surface area contributed by atoms with Crippen LogP contribution >= 0.6 is 0 Å². The Balaban J connectivity index is 3.69. The van der Waals surface area contributed by atoms with Gasteiger partial charge in [-0.2, -0.15) is 0 Å². The van der Waals surface area contributed by atoms with E-state index in [4.69, 9.17) is 10.3 Å². The summed E-state index contributed by atoms with van der Waals surface area (Å²) in [5, 5.41) is 8.34. The zero-order valence-corrected chi connectivity index (χ0v) is 12.3. The molecule has 2 amide bonds. The average molecular weight is 299 g/mol. The zero-order chi connectivity index (χ0) is 16.1. The Morgan fingerprint density at radius 3 is 2.57 bits per heavy atom. The topological polar surface area (TPSA) is 133 Å². The fraction of sp³-hybridized carbons (Fsp3) is 0.750. The lowest BCUT2D eigenvalue weighted by molar-refractivity contribution is -0.125. The van der Waals surface area contributed by atoms with Crippen molar-refractivity contribution < 1.29 is 19.1 Å². The standard InChI is InChI=1S/C12H21N5O4/c1-9(18)11(16-10(2)19)5-3-4-6-14-12(20)21-8-7-15-17-13/h11H,3-8H2,1-2H3,(H,14,20)(H,16,19)/t11-/m0/s1. The van der Waals surface area contributed by atoms with Gasteiger partial charge in [0.2, 0.25) is 5.91 Å². The molecule has 0 spiro atoms. The first kappa shape index (κ1) is 18.7. The highest BCUT2D eigenvalue weighted by Gasteiger charge is 2.14. The van der Waals surface area contributed by atoms with E-state index < -0.39 is 12.1 Å². The highest BCUT2D eigenvalue weighted by Crippen LogP contribution is 2.02. The first-order valence-corrected chi connectivity index (χ1v) is 6.66. The van der Waals surface area contributed by atoms with Crippen molar-refractivity contribution in [1.29, 1.82) is 0 Å². The van der Waals surface area contributed by atoms with E-state index in [0.717, 1.165) is 0 Å². The number of hydrogen-bond donors (Lipinski definition) is 2. The first-order valence-electron chi connectivity index (χ1n) is 6.66. The quantitative estimate of drug-likeness (QED) is 0.272. The molecule has 9 nitrogen and oxygen atoms in total. The summed E-state index contributed by atoms with van der Waals surface area (Å²) in [6.07, 6.45) is 1.30. The Morgan fingerprint density at radius 1 is 1.29 bits per heavy atom. The molecule has 0 saturated carbocycles. The minimum atomic E-state index is -0.576. The van der Waals surface area contributed by atoms with E-state index in [1.807, 2.05) is 0 Å². The molecule has 0 saturated heterocycles. The Bertz CT molecular complexity index is 406. The van der Waals surface area contributed by atoms with Crippen LogP contribution in [0, 0.1) is 0 Å². The zero-order valence-electron chi connectivity index (χ0n) is 12.3. The number of nitrogens with zero attached hydrogens (tertiary/aromatic N) is 3. The molecule has 0 bridgehead atoms. The van der Waals surface area contributed by atoms with Gasteiger partial charge in [-0.1, -0.05) is 5.11 Å². The molecule has 0 aliphatic rings. The fourth-order valence-electron chi connectivity index (χ4n) is 1.56. The maximum Gasteiger partial charge on any atom is 0.407 e. The molecule has 0 aromatic rings. The maximum absolute atomic E-state index is 11.3. The lowest BCUT2D eigenvalue weighted by Gasteiger charge is -2.14. The van der Waals surface area contributed by atoms with Gasteiger partial charge < -0.3 is 15.4 Å². The third-order valence-electron chi connectivity index (χ3n) is 2.54. The molecule has 0 heterocycles. The molecular formula is C12H21N5O4. The second-order valence-electron chi connectivity index (χ2n) is 4.38. The molecule has 0 aliphatic heterocycles. The number of amides is 2. The number of alkyl carbamates (subject to hydrolysis) is 1. The molecule has 9 heteroatoms. The molecule has 0 unspecified atom stereocenters. The molecule has 0 fully saturated rings. The number of ketones is 1. The lowest BCUT2D eigenvalue weighted by atomic mass is 10.1. The molecular weight excluding hydrogens is 278 g/mol. The second-order valence-corrected chi connectivity index (χ2v) is 4.38. The number of nitrogens with one attached hydrogen (secondary N) is 2. The van der Waals surface area contributed by atoms with E-state index in [-0.39, 0.29) is 24.8 Å². The van der Waals surface area contributed by atoms with Crippen molar-refractivity contribution >= 4 is 17.8 Å². The van der Waals surface area contributed by atoms with Crippen LogP contribution in [0.1, 0.15) is 33.1 Å². The van der Waals surface area contributed by atoms with Crippen LogP contribution in [0.4, 0.5) is 4.79 Å². The van der Waals surface area contributed by atoms with Gasteiger partial charge in [0.1, 0.15) is 0 Å². The maximum atomic E-state index is 11.3. The fourth-order valence-corrected chi connectivity index (χ4v) is 1.56. The lowest BCUT2D eigenvalue weighted by Crippen LogP contribution is -2.38. The molecule has 2 N–H and O–H groups in total. The summed E-state index contributed by atoms with van der Waals surface area (Å²) in [5.41, 5.74) is 8.02. The largest absolute Gasteiger partial charge is 0.449 e. The van der Waals surface area contributed by atoms with E-state index in [1.165, 1.54) is 13.8 Å². The number of azide groups is 1. The summed E-state index contributed by atoms with van der Waals surface area (Å²) < 4.78 is 4.74. The van der Waals surface area contributed by atoms with E-state index in [1.54, 1.807) is 0 Å². The molecule has 0 aliphatic carbocycles. The smallest absolute Gasteiger partial charge is 0.407 e. The first-order chi connectivity index (χ1) is 9.97. The summed E-state index contributed by atoms with van der Waals surface area (Å²) in [7, 11) is 0. The van der Waals surface area contributed by atoms with E-state index >= 15 is 0 Å². The Hall–Kier alpha value is -2.28. The molecule has 0 aromatic heterocycles. The van der Waals surface area contributed by atoms with E-state index in [0.29, 0.717) is 25.8 Å². The summed E-state index contributed by atoms with van der Waals surface area (Å²) in [4.78, 5) is 35.9. The average Bonchev–Trinajstić information content (AvgIpc) is 2.41. The molecule has 0 aromatic carbocycles. The summed E-state index contributed by atoms with van der Waals surface area (Å²) in [6, 6.07) is -0.474. The predicted molar refractivity (Wildman–Crippen MR) is 75.5 cm³/mol. The molecule has 0 radical (unpaired) electrons. The van der Waals surface area contributed by atoms with Gasteiger partial charge >= 0.3 is 6.09 Å². The van der Waals surface area contributed by atoms with Gasteiger partial charge in [0.05, 0.1) is 19.2 Å². The van der Waals surface area contributed by atoms with Crippen LogP contribution in [0.15, 0.2) is 5.11 Å². The van der Waals surface area contributed by atoms with Crippen LogP contribution in [0.3, 0.4) is 0 Å². The second kappa shape index (κ2) is 11.5. The Morgan fingerprint density at radius 2 is 2.00 bits per heavy atom. The number of hydrogen-bond acceptors (Lipinski definition) is 5. The summed E-state index contributed by atoms with van der Waals surface area (Å²) in [5.74, 6) is -0.326. The number of ether oxygens (including phenoxy) is 1. The van der Waals surface area contributed by atoms with Gasteiger partial charge in [0, 0.05) is 18.4 Å². The van der Waals surface area contributed by atoms with Crippen LogP contribution in [0.2, 0.25) is 0 Å². The van der Waals surface area contributed by atoms with Crippen molar-refractivity contribution in [2.24, 2.45) is 5.11 Å². The van der Waals surface area contributed by atoms with E-state index in [9.17, 15) is 14.4 Å². The van der Waals surface area contributed by atoms with Crippen molar-refractivity contribution in [2.45, 2.75) is 39.2 Å². The van der Waals surface area contributed by atoms with Gasteiger partial charge in [-0.25, -0.2) is 4.79 Å². The van der Waals surface area contributed by atoms with Gasteiger partial charge in [0.25, 0.3) is 0 Å². The van der Waals surface area contributed by atoms with Gasteiger partial charge in [0.15, 0.2) is 5.78 Å². The third kappa shape index (κ3) is 11.3. The van der Waals surface area contributed by atoms with Crippen LogP contribution < -0.4 is 10.6 Å². The normalized spacial score (nSPS) is 11.0. The van der Waals surface area contributed by atoms with E-state index in [2.05, 4.69) is 20.7 Å². The molecule has 21 heavy (non-hydrogen) atoms. The van der Waals surface area contributed by atoms with Crippen LogP contribution in [0.5, 0.6) is 0 Å². The van der Waals surface area contributed by atoms with Gasteiger partial charge in [-0.05, 0) is 31.7 Å². The highest BCUT2D eigenvalue weighted by atomic mass is 16.5. The molecule has 0 rings (SSSR count). The number of unbranched alkanes of at least 4 members (excludes halogenated alkanes) is 1. The van der Waals surface area contributed by atoms with Crippen molar-refractivity contribution in [3.63, 3.8) is 0 Å². The van der Waals surface area contributed by atoms with Crippen molar-refractivity contribution in [2.75, 3.05) is 19.7 Å². The number of carbonyl (C=O) groups is 3. The monoisotopic (exact) mass is 299 g/mol. The minimum Gasteiger partial charge on any atom is -0.449 e. The van der Waals surface area contributed by atoms with Gasteiger partial charge in [-0.15, -0.1) is 0 Å². The number of Topliss-reactive ketones (excluding diaryl/α,β-unsaturated/α-hetero) is 1. The van der Waals surface area contributed by atoms with Crippen LogP contribution in [-0.2, 0) is 14.3 Å². The number of carbonyl (C=O) groups excluding carboxylic acids is 3. The highest BCUT2D eigenvalue weighted by molar-refractivity contribution is 5.86. The Labute approximate surface area is 123 Å². The minimum absolute atomic E-state index is 0.0326. The van der Waals surface area contributed by atoms with Crippen molar-refractivity contribution in [1.82, 2.24) is 10.6 Å². The summed E-state index contributed by atoms with van der Waals surface area (Å²) in [6.45, 7) is 3.33. The van der Waals surface area contributed by atoms with Crippen LogP contribution in [-0.4, -0.2) is 43.5 Å². The number of rotatable bonds is 10. The SMILES string of the molecule is CC(=O)N[C@@H](CCCCNC(=O)OCCN=[N+]=[N-])C(C)=O. The van der Waals surface area contributed by atoms with Gasteiger partial charge in [-0.3, -0.25) is 9.59 Å². The van der Waals surface area contributed by atoms with Crippen molar-refractivity contribution in [3.8, 4) is 0 Å². The summed E-state index contributed by atoms with van der Waals surface area (Å²) >= 11 is 0. The predicted octanol–water partition coefficient (Wildman–Crippen LogP) is 1.29.